The lowest BCUT2D eigenvalue weighted by Crippen LogP contribution is -2.37. The van der Waals surface area contributed by atoms with Gasteiger partial charge in [-0.15, -0.1) is 11.3 Å². The van der Waals surface area contributed by atoms with Crippen molar-refractivity contribution in [2.75, 3.05) is 11.4 Å². The molecule has 0 aromatic carbocycles. The predicted octanol–water partition coefficient (Wildman–Crippen LogP) is 2.04. The third-order valence-corrected chi connectivity index (χ3v) is 6.41. The topological polar surface area (TPSA) is 68.8 Å². The first kappa shape index (κ1) is 15.7. The third kappa shape index (κ3) is 2.74. The quantitative estimate of drug-likeness (QED) is 0.705. The van der Waals surface area contributed by atoms with Gasteiger partial charge in [0.2, 0.25) is 0 Å². The molecular weight excluding hydrogens is 348 g/mol. The highest BCUT2D eigenvalue weighted by atomic mass is 32.1. The van der Waals surface area contributed by atoms with E-state index in [1.807, 2.05) is 22.1 Å². The Morgan fingerprint density at radius 2 is 2.19 bits per heavy atom. The number of thiazole rings is 1. The molecule has 1 aliphatic heterocycles. The third-order valence-electron chi connectivity index (χ3n) is 5.21. The lowest BCUT2D eigenvalue weighted by molar-refractivity contribution is 0.485. The molecule has 0 saturated carbocycles. The molecule has 7 nitrogen and oxygen atoms in total. The van der Waals surface area contributed by atoms with Crippen LogP contribution in [0, 0.1) is 0 Å². The predicted molar refractivity (Wildman–Crippen MR) is 100 cm³/mol. The Hall–Kier alpha value is -2.48. The van der Waals surface area contributed by atoms with Gasteiger partial charge in [-0.2, -0.15) is 5.10 Å². The van der Waals surface area contributed by atoms with Crippen LogP contribution in [-0.2, 0) is 19.4 Å². The smallest absolute Gasteiger partial charge is 0.266 e. The zero-order valence-electron chi connectivity index (χ0n) is 14.4. The van der Waals surface area contributed by atoms with Crippen LogP contribution in [0.3, 0.4) is 0 Å². The van der Waals surface area contributed by atoms with Gasteiger partial charge >= 0.3 is 0 Å². The Bertz CT molecular complexity index is 954. The lowest BCUT2D eigenvalue weighted by atomic mass is 10.2. The summed E-state index contributed by atoms with van der Waals surface area (Å²) in [5.74, 6) is 0.708. The maximum atomic E-state index is 12.3. The normalized spacial score (nSPS) is 19.2. The van der Waals surface area contributed by atoms with Crippen molar-refractivity contribution in [3.63, 3.8) is 0 Å². The average molecular weight is 368 g/mol. The van der Waals surface area contributed by atoms with Crippen molar-refractivity contribution in [1.29, 1.82) is 0 Å². The molecule has 0 spiro atoms. The van der Waals surface area contributed by atoms with Crippen molar-refractivity contribution in [1.82, 2.24) is 24.3 Å². The number of aryl methyl sites for hydroxylation is 2. The summed E-state index contributed by atoms with van der Waals surface area (Å²) in [6.45, 7) is 1.60. The summed E-state index contributed by atoms with van der Waals surface area (Å²) >= 11 is 1.83. The molecule has 3 aromatic rings. The van der Waals surface area contributed by atoms with E-state index in [9.17, 15) is 4.79 Å². The van der Waals surface area contributed by atoms with E-state index < -0.39 is 0 Å². The maximum absolute atomic E-state index is 12.3. The Kier molecular flexibility index (Phi) is 3.85. The molecule has 0 bridgehead atoms. The van der Waals surface area contributed by atoms with Gasteiger partial charge in [-0.25, -0.2) is 14.6 Å². The van der Waals surface area contributed by atoms with Crippen LogP contribution in [0.2, 0.25) is 0 Å². The van der Waals surface area contributed by atoms with Gasteiger partial charge in [0.1, 0.15) is 6.33 Å². The zero-order chi connectivity index (χ0) is 17.5. The van der Waals surface area contributed by atoms with E-state index in [0.29, 0.717) is 12.4 Å². The summed E-state index contributed by atoms with van der Waals surface area (Å²) in [6.07, 6.45) is 10.9. The van der Waals surface area contributed by atoms with Gasteiger partial charge in [-0.3, -0.25) is 9.36 Å². The second kappa shape index (κ2) is 6.35. The molecule has 8 heteroatoms. The van der Waals surface area contributed by atoms with E-state index in [1.165, 1.54) is 23.4 Å². The number of rotatable bonds is 4. The Morgan fingerprint density at radius 1 is 1.23 bits per heavy atom. The molecule has 1 fully saturated rings. The standard InChI is InChI=1S/C18H20N6OS/c25-17-7-6-16(22-10-8-19-12-22)21-24(17)11-13-3-2-9-23(13)18-20-14-4-1-5-15(14)26-18/h6-8,10,12-13H,1-5,9,11H2. The fraction of sp³-hybridized carbons (Fsp3) is 0.444. The summed E-state index contributed by atoms with van der Waals surface area (Å²) in [5, 5.41) is 5.66. The van der Waals surface area contributed by atoms with Crippen LogP contribution in [0.15, 0.2) is 35.6 Å². The van der Waals surface area contributed by atoms with Crippen molar-refractivity contribution in [2.45, 2.75) is 44.7 Å². The highest BCUT2D eigenvalue weighted by Gasteiger charge is 2.29. The van der Waals surface area contributed by atoms with Gasteiger partial charge in [0, 0.05) is 29.9 Å². The molecule has 1 atom stereocenters. The SMILES string of the molecule is O=c1ccc(-n2ccnc2)nn1CC1CCCN1c1nc2c(s1)CCC2. The highest BCUT2D eigenvalue weighted by molar-refractivity contribution is 7.15. The summed E-state index contributed by atoms with van der Waals surface area (Å²) in [7, 11) is 0. The Balaban J connectivity index is 1.41. The fourth-order valence-corrected chi connectivity index (χ4v) is 5.12. The molecule has 0 radical (unpaired) electrons. The van der Waals surface area contributed by atoms with Gasteiger partial charge in [0.15, 0.2) is 10.9 Å². The highest BCUT2D eigenvalue weighted by Crippen LogP contribution is 2.36. The van der Waals surface area contributed by atoms with Crippen LogP contribution in [0.5, 0.6) is 0 Å². The fourth-order valence-electron chi connectivity index (χ4n) is 3.88. The molecule has 5 rings (SSSR count). The van der Waals surface area contributed by atoms with Crippen molar-refractivity contribution < 1.29 is 0 Å². The van der Waals surface area contributed by atoms with E-state index in [4.69, 9.17) is 4.98 Å². The summed E-state index contributed by atoms with van der Waals surface area (Å²) in [4.78, 5) is 25.1. The van der Waals surface area contributed by atoms with E-state index in [1.54, 1.807) is 29.3 Å². The number of fused-ring (bicyclic) bond motifs is 1. The van der Waals surface area contributed by atoms with Gasteiger partial charge in [0.05, 0.1) is 18.3 Å². The van der Waals surface area contributed by atoms with Crippen LogP contribution in [0.4, 0.5) is 5.13 Å². The number of hydrogen-bond donors (Lipinski definition) is 0. The second-order valence-corrected chi connectivity index (χ2v) is 7.95. The summed E-state index contributed by atoms with van der Waals surface area (Å²) in [6, 6.07) is 3.59. The first-order chi connectivity index (χ1) is 12.8. The largest absolute Gasteiger partial charge is 0.343 e. The van der Waals surface area contributed by atoms with Gasteiger partial charge in [-0.1, -0.05) is 0 Å². The van der Waals surface area contributed by atoms with Crippen LogP contribution < -0.4 is 10.5 Å². The van der Waals surface area contributed by atoms with Crippen LogP contribution in [0.25, 0.3) is 5.82 Å². The zero-order valence-corrected chi connectivity index (χ0v) is 15.2. The van der Waals surface area contributed by atoms with Gasteiger partial charge in [0.25, 0.3) is 5.56 Å². The number of imidazole rings is 1. The van der Waals surface area contributed by atoms with Crippen molar-refractivity contribution in [2.24, 2.45) is 0 Å². The number of aromatic nitrogens is 5. The van der Waals surface area contributed by atoms with Crippen LogP contribution in [-0.4, -0.2) is 36.9 Å². The molecule has 0 amide bonds. The molecule has 3 aromatic heterocycles. The van der Waals surface area contributed by atoms with Gasteiger partial charge < -0.3 is 4.90 Å². The lowest BCUT2D eigenvalue weighted by Gasteiger charge is -2.24. The molecule has 4 heterocycles. The number of nitrogens with zero attached hydrogens (tertiary/aromatic N) is 6. The molecule has 1 saturated heterocycles. The molecular formula is C18H20N6OS. The Labute approximate surface area is 154 Å². The minimum atomic E-state index is -0.0673. The van der Waals surface area contributed by atoms with Gasteiger partial charge in [-0.05, 0) is 38.2 Å². The summed E-state index contributed by atoms with van der Waals surface area (Å²) in [5.41, 5.74) is 1.22. The first-order valence-electron chi connectivity index (χ1n) is 9.10. The monoisotopic (exact) mass is 368 g/mol. The summed E-state index contributed by atoms with van der Waals surface area (Å²) < 4.78 is 3.40. The molecule has 1 aliphatic carbocycles. The van der Waals surface area contributed by atoms with Crippen LogP contribution >= 0.6 is 11.3 Å². The minimum absolute atomic E-state index is 0.0673. The molecule has 2 aliphatic rings. The minimum Gasteiger partial charge on any atom is -0.343 e. The van der Waals surface area contributed by atoms with Crippen molar-refractivity contribution in [3.05, 3.63) is 51.8 Å². The second-order valence-electron chi connectivity index (χ2n) is 6.89. The van der Waals surface area contributed by atoms with E-state index in [0.717, 1.165) is 30.9 Å². The van der Waals surface area contributed by atoms with E-state index >= 15 is 0 Å². The Morgan fingerprint density at radius 3 is 3.04 bits per heavy atom. The van der Waals surface area contributed by atoms with E-state index in [2.05, 4.69) is 15.0 Å². The molecule has 134 valence electrons. The first-order valence-corrected chi connectivity index (χ1v) is 9.91. The van der Waals surface area contributed by atoms with Crippen molar-refractivity contribution >= 4 is 16.5 Å². The van der Waals surface area contributed by atoms with Crippen LogP contribution in [0.1, 0.15) is 29.8 Å². The number of hydrogen-bond acceptors (Lipinski definition) is 6. The van der Waals surface area contributed by atoms with Crippen molar-refractivity contribution in [3.8, 4) is 5.82 Å². The molecule has 0 N–H and O–H groups in total. The maximum Gasteiger partial charge on any atom is 0.266 e. The molecule has 1 unspecified atom stereocenters. The molecule has 26 heavy (non-hydrogen) atoms. The average Bonchev–Trinajstić information content (AvgIpc) is 3.40. The number of anilines is 1. The van der Waals surface area contributed by atoms with E-state index in [-0.39, 0.29) is 11.6 Å².